The van der Waals surface area contributed by atoms with Crippen molar-refractivity contribution in [3.05, 3.63) is 90.3 Å². The van der Waals surface area contributed by atoms with E-state index in [0.717, 1.165) is 14.9 Å². The smallest absolute Gasteiger partial charge is 0.335 e. The molecule has 0 aliphatic carbocycles. The number of urea groups is 1. The number of rotatable bonds is 6. The second kappa shape index (κ2) is 11.0. The van der Waals surface area contributed by atoms with Gasteiger partial charge < -0.3 is 9.47 Å². The minimum absolute atomic E-state index is 0.149. The molecule has 0 spiro atoms. The van der Waals surface area contributed by atoms with Gasteiger partial charge in [-0.05, 0) is 76.1 Å². The highest BCUT2D eigenvalue weighted by Crippen LogP contribution is 2.38. The minimum atomic E-state index is -0.826. The van der Waals surface area contributed by atoms with Crippen LogP contribution in [0.1, 0.15) is 11.1 Å². The van der Waals surface area contributed by atoms with Gasteiger partial charge in [-0.15, -0.1) is 0 Å². The first kappa shape index (κ1) is 26.2. The van der Waals surface area contributed by atoms with E-state index in [4.69, 9.17) is 32.7 Å². The van der Waals surface area contributed by atoms with Crippen LogP contribution in [0.25, 0.3) is 6.08 Å². The number of barbiturate groups is 1. The molecule has 0 saturated carbocycles. The summed E-state index contributed by atoms with van der Waals surface area (Å²) in [6, 6.07) is 14.1. The number of imide groups is 2. The number of carbonyl (C=O) groups excluding carboxylic acids is 3. The van der Waals surface area contributed by atoms with E-state index in [1.165, 1.54) is 13.2 Å². The predicted octanol–water partition coefficient (Wildman–Crippen LogP) is 6.77. The van der Waals surface area contributed by atoms with Gasteiger partial charge in [0.15, 0.2) is 11.5 Å². The molecule has 0 atom stereocenters. The molecule has 11 heteroatoms. The number of amides is 4. The Balaban J connectivity index is 1.64. The molecule has 7 nitrogen and oxygen atoms in total. The molecule has 1 N–H and O–H groups in total. The summed E-state index contributed by atoms with van der Waals surface area (Å²) in [5, 5.41) is 3.18. The van der Waals surface area contributed by atoms with Crippen molar-refractivity contribution in [1.29, 1.82) is 0 Å². The van der Waals surface area contributed by atoms with Crippen molar-refractivity contribution in [2.45, 2.75) is 6.61 Å². The number of hydrogen-bond acceptors (Lipinski definition) is 5. The van der Waals surface area contributed by atoms with Crippen LogP contribution in [0.15, 0.2) is 69.1 Å². The molecule has 1 aliphatic heterocycles. The van der Waals surface area contributed by atoms with Gasteiger partial charge in [0.1, 0.15) is 12.2 Å². The van der Waals surface area contributed by atoms with E-state index in [0.29, 0.717) is 37.3 Å². The molecule has 1 saturated heterocycles. The standard InChI is InChI=1S/C25H16Br2Cl2N2O5/c1-35-21-10-13(9-19(27)22(21)36-12-14-2-5-16(28)11-20(14)29)8-18-23(32)30-25(34)31(24(18)33)17-6-3-15(26)4-7-17/h2-11H,12H2,1H3,(H,30,32,34)/b18-8+. The lowest BCUT2D eigenvalue weighted by molar-refractivity contribution is -0.122. The second-order valence-electron chi connectivity index (χ2n) is 7.49. The number of carbonyl (C=O) groups is 3. The monoisotopic (exact) mass is 652 g/mol. The van der Waals surface area contributed by atoms with E-state index in [-0.39, 0.29) is 12.2 Å². The number of halogens is 4. The SMILES string of the molecule is COc1cc(/C=C2\C(=O)NC(=O)N(c3ccc(Br)cc3)C2=O)cc(Br)c1OCc1ccc(Cl)cc1Cl. The highest BCUT2D eigenvalue weighted by atomic mass is 79.9. The van der Waals surface area contributed by atoms with Crippen LogP contribution in [0.2, 0.25) is 10.0 Å². The Hall–Kier alpha value is -2.85. The lowest BCUT2D eigenvalue weighted by atomic mass is 10.1. The van der Waals surface area contributed by atoms with Gasteiger partial charge in [-0.3, -0.25) is 14.9 Å². The topological polar surface area (TPSA) is 84.9 Å². The highest BCUT2D eigenvalue weighted by molar-refractivity contribution is 9.10. The number of anilines is 1. The average molecular weight is 655 g/mol. The van der Waals surface area contributed by atoms with Crippen LogP contribution in [0.5, 0.6) is 11.5 Å². The normalized spacial score (nSPS) is 14.8. The number of methoxy groups -OCH3 is 1. The zero-order chi connectivity index (χ0) is 26.0. The fourth-order valence-electron chi connectivity index (χ4n) is 3.40. The van der Waals surface area contributed by atoms with E-state index < -0.39 is 17.8 Å². The molecule has 3 aromatic rings. The fraction of sp³-hybridized carbons (Fsp3) is 0.0800. The molecule has 1 fully saturated rings. The van der Waals surface area contributed by atoms with Crippen LogP contribution in [0.4, 0.5) is 10.5 Å². The summed E-state index contributed by atoms with van der Waals surface area (Å²) in [6.45, 7) is 0.149. The second-order valence-corrected chi connectivity index (χ2v) is 10.1. The van der Waals surface area contributed by atoms with Crippen LogP contribution >= 0.6 is 55.1 Å². The quantitative estimate of drug-likeness (QED) is 0.234. The number of hydrogen-bond donors (Lipinski definition) is 1. The highest BCUT2D eigenvalue weighted by Gasteiger charge is 2.36. The van der Waals surface area contributed by atoms with Crippen molar-refractivity contribution in [2.75, 3.05) is 12.0 Å². The van der Waals surface area contributed by atoms with Gasteiger partial charge in [0.05, 0.1) is 17.3 Å². The van der Waals surface area contributed by atoms with Gasteiger partial charge in [0, 0.05) is 20.1 Å². The van der Waals surface area contributed by atoms with Gasteiger partial charge in [-0.25, -0.2) is 9.69 Å². The molecule has 1 heterocycles. The van der Waals surface area contributed by atoms with Crippen molar-refractivity contribution in [3.63, 3.8) is 0 Å². The van der Waals surface area contributed by atoms with Gasteiger partial charge in [0.2, 0.25) is 0 Å². The maximum atomic E-state index is 13.1. The number of nitrogens with one attached hydrogen (secondary N) is 1. The number of ether oxygens (including phenoxy) is 2. The Morgan fingerprint density at radius 1 is 1.00 bits per heavy atom. The molecule has 0 bridgehead atoms. The Morgan fingerprint density at radius 2 is 1.72 bits per heavy atom. The number of nitrogens with zero attached hydrogens (tertiary/aromatic N) is 1. The molecule has 0 unspecified atom stereocenters. The van der Waals surface area contributed by atoms with E-state index >= 15 is 0 Å². The summed E-state index contributed by atoms with van der Waals surface area (Å²) in [4.78, 5) is 39.0. The van der Waals surface area contributed by atoms with Crippen LogP contribution in [-0.2, 0) is 16.2 Å². The third kappa shape index (κ3) is 5.59. The Kier molecular flexibility index (Phi) is 8.04. The Bertz CT molecular complexity index is 1410. The lowest BCUT2D eigenvalue weighted by Gasteiger charge is -2.26. The van der Waals surface area contributed by atoms with Crippen molar-refractivity contribution in [3.8, 4) is 11.5 Å². The first-order valence-electron chi connectivity index (χ1n) is 10.3. The molecule has 184 valence electrons. The Morgan fingerprint density at radius 3 is 2.39 bits per heavy atom. The van der Waals surface area contributed by atoms with E-state index in [1.54, 1.807) is 54.6 Å². The molecule has 3 aromatic carbocycles. The third-order valence-corrected chi connectivity index (χ3v) is 6.84. The largest absolute Gasteiger partial charge is 0.493 e. The molecule has 4 rings (SSSR count). The van der Waals surface area contributed by atoms with Gasteiger partial charge >= 0.3 is 6.03 Å². The van der Waals surface area contributed by atoms with Crippen molar-refractivity contribution >= 4 is 84.7 Å². The third-order valence-electron chi connectivity index (χ3n) is 5.14. The zero-order valence-electron chi connectivity index (χ0n) is 18.5. The lowest BCUT2D eigenvalue weighted by Crippen LogP contribution is -2.54. The maximum Gasteiger partial charge on any atom is 0.335 e. The van der Waals surface area contributed by atoms with Crippen molar-refractivity contribution in [2.24, 2.45) is 0 Å². The van der Waals surface area contributed by atoms with Crippen LogP contribution < -0.4 is 19.7 Å². The minimum Gasteiger partial charge on any atom is -0.493 e. The summed E-state index contributed by atoms with van der Waals surface area (Å²) in [5.41, 5.74) is 1.30. The molecule has 0 aromatic heterocycles. The van der Waals surface area contributed by atoms with E-state index in [2.05, 4.69) is 37.2 Å². The van der Waals surface area contributed by atoms with Crippen molar-refractivity contribution < 1.29 is 23.9 Å². The summed E-state index contributed by atoms with van der Waals surface area (Å²) < 4.78 is 12.7. The molecule has 0 radical (unpaired) electrons. The zero-order valence-corrected chi connectivity index (χ0v) is 23.2. The fourth-order valence-corrected chi connectivity index (χ4v) is 4.70. The summed E-state index contributed by atoms with van der Waals surface area (Å²) in [6.07, 6.45) is 1.38. The van der Waals surface area contributed by atoms with Gasteiger partial charge in [-0.1, -0.05) is 45.2 Å². The Labute approximate surface area is 233 Å². The molecular weight excluding hydrogens is 639 g/mol. The predicted molar refractivity (Wildman–Crippen MR) is 145 cm³/mol. The summed E-state index contributed by atoms with van der Waals surface area (Å²) in [5.74, 6) is -0.799. The first-order chi connectivity index (χ1) is 17.2. The summed E-state index contributed by atoms with van der Waals surface area (Å²) in [7, 11) is 1.47. The molecule has 4 amide bonds. The molecular formula is C25H16Br2Cl2N2O5. The van der Waals surface area contributed by atoms with Gasteiger partial charge in [0.25, 0.3) is 11.8 Å². The number of benzene rings is 3. The van der Waals surface area contributed by atoms with E-state index in [9.17, 15) is 14.4 Å². The van der Waals surface area contributed by atoms with E-state index in [1.807, 2.05) is 0 Å². The van der Waals surface area contributed by atoms with Crippen LogP contribution in [0, 0.1) is 0 Å². The van der Waals surface area contributed by atoms with Crippen molar-refractivity contribution in [1.82, 2.24) is 5.32 Å². The van der Waals surface area contributed by atoms with Crippen LogP contribution in [-0.4, -0.2) is 25.0 Å². The molecule has 36 heavy (non-hydrogen) atoms. The maximum absolute atomic E-state index is 13.1. The summed E-state index contributed by atoms with van der Waals surface area (Å²) >= 11 is 19.0. The van der Waals surface area contributed by atoms with Crippen LogP contribution in [0.3, 0.4) is 0 Å². The molecule has 1 aliphatic rings. The first-order valence-corrected chi connectivity index (χ1v) is 12.6. The van der Waals surface area contributed by atoms with Gasteiger partial charge in [-0.2, -0.15) is 0 Å². The average Bonchev–Trinajstić information content (AvgIpc) is 2.83.